The molecule has 0 atom stereocenters. The van der Waals surface area contributed by atoms with Crippen LogP contribution in [0, 0.1) is 6.92 Å². The molecule has 0 saturated carbocycles. The van der Waals surface area contributed by atoms with Crippen molar-refractivity contribution in [3.05, 3.63) is 22.4 Å². The zero-order valence-electron chi connectivity index (χ0n) is 5.06. The molecule has 0 aliphatic heterocycles. The lowest BCUT2D eigenvalue weighted by Gasteiger charge is -1.96. The minimum Gasteiger partial charge on any atom is -0.250 e. The normalized spacial score (nSPS) is 9.56. The maximum absolute atomic E-state index is 5.51. The van der Waals surface area contributed by atoms with Crippen LogP contribution >= 0.6 is 15.9 Å². The average Bonchev–Trinajstić information content (AvgIpc) is 1.80. The van der Waals surface area contributed by atoms with Gasteiger partial charge in [0.15, 0.2) is 0 Å². The van der Waals surface area contributed by atoms with Gasteiger partial charge in [-0.3, -0.25) is 0 Å². The van der Waals surface area contributed by atoms with E-state index in [9.17, 15) is 0 Å². The van der Waals surface area contributed by atoms with Crippen LogP contribution < -0.4 is 5.46 Å². The van der Waals surface area contributed by atoms with Gasteiger partial charge in [0.2, 0.25) is 0 Å². The summed E-state index contributed by atoms with van der Waals surface area (Å²) in [6, 6.07) is 1.87. The first-order valence-electron chi connectivity index (χ1n) is 2.58. The molecule has 1 rings (SSSR count). The van der Waals surface area contributed by atoms with E-state index in [1.165, 1.54) is 0 Å². The smallest absolute Gasteiger partial charge is 0.117 e. The molecule has 0 unspecified atom stereocenters. The van der Waals surface area contributed by atoms with Crippen LogP contribution in [0.5, 0.6) is 0 Å². The van der Waals surface area contributed by atoms with E-state index in [2.05, 4.69) is 20.9 Å². The molecular weight excluding hydrogens is 177 g/mol. The molecule has 0 bridgehead atoms. The van der Waals surface area contributed by atoms with Crippen molar-refractivity contribution in [1.29, 1.82) is 0 Å². The number of hydrogen-bond donors (Lipinski definition) is 0. The molecular formula is C6H5BBrN. The molecule has 0 aliphatic rings. The third-order valence-corrected chi connectivity index (χ3v) is 1.67. The van der Waals surface area contributed by atoms with Gasteiger partial charge in [0.25, 0.3) is 0 Å². The summed E-state index contributed by atoms with van der Waals surface area (Å²) in [7, 11) is 5.51. The summed E-state index contributed by atoms with van der Waals surface area (Å²) >= 11 is 3.19. The Morgan fingerprint density at radius 1 is 1.67 bits per heavy atom. The lowest BCUT2D eigenvalue weighted by atomic mass is 9.98. The monoisotopic (exact) mass is 181 g/mol. The van der Waals surface area contributed by atoms with E-state index in [1.807, 2.05) is 13.0 Å². The van der Waals surface area contributed by atoms with Crippen LogP contribution in [0.25, 0.3) is 0 Å². The maximum atomic E-state index is 5.51. The average molecular weight is 182 g/mol. The lowest BCUT2D eigenvalue weighted by molar-refractivity contribution is 1.25. The number of halogens is 1. The number of pyridine rings is 1. The summed E-state index contributed by atoms with van der Waals surface area (Å²) in [5.74, 6) is 0. The number of aromatic nitrogens is 1. The highest BCUT2D eigenvalue weighted by molar-refractivity contribution is 9.10. The van der Waals surface area contributed by atoms with Crippen LogP contribution in [0.1, 0.15) is 5.56 Å². The zero-order valence-corrected chi connectivity index (χ0v) is 6.64. The first-order valence-corrected chi connectivity index (χ1v) is 3.37. The van der Waals surface area contributed by atoms with Crippen LogP contribution in [-0.4, -0.2) is 12.8 Å². The lowest BCUT2D eigenvalue weighted by Crippen LogP contribution is -2.06. The minimum absolute atomic E-state index is 0.690. The second kappa shape index (κ2) is 2.52. The molecule has 1 aromatic rings. The molecule has 1 aromatic heterocycles. The molecule has 1 nitrogen and oxygen atoms in total. The summed E-state index contributed by atoms with van der Waals surface area (Å²) in [6.45, 7) is 1.95. The molecule has 9 heavy (non-hydrogen) atoms. The molecule has 0 amide bonds. The Hall–Kier alpha value is -0.305. The van der Waals surface area contributed by atoms with Gasteiger partial charge in [-0.05, 0) is 28.4 Å². The first kappa shape index (κ1) is 6.81. The Kier molecular flexibility index (Phi) is 1.91. The summed E-state index contributed by atoms with van der Waals surface area (Å²) in [5.41, 5.74) is 1.77. The molecule has 0 saturated heterocycles. The van der Waals surface area contributed by atoms with Crippen molar-refractivity contribution in [2.75, 3.05) is 0 Å². The van der Waals surface area contributed by atoms with Gasteiger partial charge < -0.3 is 0 Å². The maximum Gasteiger partial charge on any atom is 0.117 e. The third-order valence-electron chi connectivity index (χ3n) is 1.00. The summed E-state index contributed by atoms with van der Waals surface area (Å²) in [5, 5.41) is 0. The molecule has 0 aromatic carbocycles. The number of nitrogens with zero attached hydrogens (tertiary/aromatic N) is 1. The summed E-state index contributed by atoms with van der Waals surface area (Å²) < 4.78 is 0.716. The van der Waals surface area contributed by atoms with Crippen molar-refractivity contribution in [3.63, 3.8) is 0 Å². The van der Waals surface area contributed by atoms with Crippen LogP contribution in [0.3, 0.4) is 0 Å². The van der Waals surface area contributed by atoms with Crippen molar-refractivity contribution in [2.24, 2.45) is 0 Å². The molecule has 2 radical (unpaired) electrons. The Balaban J connectivity index is 3.17. The van der Waals surface area contributed by atoms with Gasteiger partial charge in [0, 0.05) is 6.20 Å². The summed E-state index contributed by atoms with van der Waals surface area (Å²) in [4.78, 5) is 3.97. The van der Waals surface area contributed by atoms with Gasteiger partial charge >= 0.3 is 0 Å². The fraction of sp³-hybridized carbons (Fsp3) is 0.167. The molecule has 0 spiro atoms. The Bertz CT molecular complexity index is 224. The van der Waals surface area contributed by atoms with E-state index < -0.39 is 0 Å². The van der Waals surface area contributed by atoms with E-state index in [0.717, 1.165) is 5.56 Å². The van der Waals surface area contributed by atoms with Crippen molar-refractivity contribution < 1.29 is 0 Å². The van der Waals surface area contributed by atoms with Crippen LogP contribution in [0.2, 0.25) is 0 Å². The van der Waals surface area contributed by atoms with E-state index in [0.29, 0.717) is 10.1 Å². The minimum atomic E-state index is 0.690. The summed E-state index contributed by atoms with van der Waals surface area (Å²) in [6.07, 6.45) is 1.76. The topological polar surface area (TPSA) is 12.9 Å². The molecule has 0 aliphatic carbocycles. The molecule has 0 N–H and O–H groups in total. The largest absolute Gasteiger partial charge is 0.250 e. The van der Waals surface area contributed by atoms with Crippen molar-refractivity contribution in [2.45, 2.75) is 6.92 Å². The third kappa shape index (κ3) is 1.55. The van der Waals surface area contributed by atoms with E-state index in [-0.39, 0.29) is 0 Å². The highest BCUT2D eigenvalue weighted by Crippen LogP contribution is 2.00. The molecule has 44 valence electrons. The van der Waals surface area contributed by atoms with Crippen molar-refractivity contribution in [3.8, 4) is 0 Å². The highest BCUT2D eigenvalue weighted by Gasteiger charge is 1.92. The fourth-order valence-electron chi connectivity index (χ4n) is 0.575. The first-order chi connectivity index (χ1) is 4.20. The van der Waals surface area contributed by atoms with E-state index in [1.54, 1.807) is 6.20 Å². The van der Waals surface area contributed by atoms with Crippen molar-refractivity contribution >= 4 is 29.2 Å². The predicted molar refractivity (Wildman–Crippen MR) is 42.1 cm³/mol. The van der Waals surface area contributed by atoms with Gasteiger partial charge in [0.1, 0.15) is 7.85 Å². The second-order valence-corrected chi connectivity index (χ2v) is 2.64. The van der Waals surface area contributed by atoms with Crippen molar-refractivity contribution in [1.82, 2.24) is 4.98 Å². The fourth-order valence-corrected chi connectivity index (χ4v) is 0.792. The Morgan fingerprint density at radius 3 is 2.78 bits per heavy atom. The standard InChI is InChI=1S/C6H5BBrN/c1-4-2-5(7)6(8)9-3-4/h2-3H,1H3. The molecule has 0 fully saturated rings. The highest BCUT2D eigenvalue weighted by atomic mass is 79.9. The second-order valence-electron chi connectivity index (χ2n) is 1.89. The van der Waals surface area contributed by atoms with Crippen LogP contribution in [0.15, 0.2) is 16.9 Å². The van der Waals surface area contributed by atoms with Gasteiger partial charge in [-0.15, -0.1) is 0 Å². The van der Waals surface area contributed by atoms with Gasteiger partial charge in [-0.25, -0.2) is 4.98 Å². The number of aryl methyl sites for hydroxylation is 1. The quantitative estimate of drug-likeness (QED) is 0.429. The molecule has 3 heteroatoms. The van der Waals surface area contributed by atoms with E-state index in [4.69, 9.17) is 7.85 Å². The molecule has 1 heterocycles. The predicted octanol–water partition coefficient (Wildman–Crippen LogP) is 0.946. The Labute approximate surface area is 64.0 Å². The van der Waals surface area contributed by atoms with Gasteiger partial charge in [0.05, 0.1) is 4.60 Å². The van der Waals surface area contributed by atoms with Gasteiger partial charge in [-0.1, -0.05) is 11.5 Å². The van der Waals surface area contributed by atoms with Crippen LogP contribution in [0.4, 0.5) is 0 Å². The zero-order chi connectivity index (χ0) is 6.85. The number of hydrogen-bond acceptors (Lipinski definition) is 1. The van der Waals surface area contributed by atoms with Gasteiger partial charge in [-0.2, -0.15) is 0 Å². The Morgan fingerprint density at radius 2 is 2.33 bits per heavy atom. The van der Waals surface area contributed by atoms with E-state index >= 15 is 0 Å². The number of rotatable bonds is 0. The van der Waals surface area contributed by atoms with Crippen LogP contribution in [-0.2, 0) is 0 Å². The SMILES string of the molecule is [B]c1cc(C)cnc1Br.